The fourth-order valence-corrected chi connectivity index (χ4v) is 2.39. The minimum Gasteiger partial charge on any atom is -0.497 e. The van der Waals surface area contributed by atoms with Crippen LogP contribution in [0, 0.1) is 5.41 Å². The molecule has 1 heterocycles. The summed E-state index contributed by atoms with van der Waals surface area (Å²) in [6.07, 6.45) is 1.94. The minimum atomic E-state index is 0.0815. The SMILES string of the molecule is COc1cccc(C(=O)N2CCC(C)(CN)CC2)c1. The van der Waals surface area contributed by atoms with E-state index in [0.717, 1.165) is 31.7 Å². The summed E-state index contributed by atoms with van der Waals surface area (Å²) in [5.74, 6) is 0.799. The Bertz CT molecular complexity index is 451. The summed E-state index contributed by atoms with van der Waals surface area (Å²) >= 11 is 0. The Morgan fingerprint density at radius 3 is 2.68 bits per heavy atom. The summed E-state index contributed by atoms with van der Waals surface area (Å²) in [6, 6.07) is 7.32. The van der Waals surface area contributed by atoms with Crippen molar-refractivity contribution >= 4 is 5.91 Å². The summed E-state index contributed by atoms with van der Waals surface area (Å²) in [4.78, 5) is 14.3. The van der Waals surface area contributed by atoms with Crippen molar-refractivity contribution in [2.75, 3.05) is 26.7 Å². The molecule has 0 unspecified atom stereocenters. The summed E-state index contributed by atoms with van der Waals surface area (Å²) in [5.41, 5.74) is 6.66. The number of benzene rings is 1. The molecule has 1 aromatic carbocycles. The molecule has 1 saturated heterocycles. The van der Waals surface area contributed by atoms with Crippen LogP contribution in [0.5, 0.6) is 5.75 Å². The standard InChI is InChI=1S/C15H22N2O2/c1-15(11-16)6-8-17(9-7-15)14(18)12-4-3-5-13(10-12)19-2/h3-5,10H,6-9,11,16H2,1-2H3. The Hall–Kier alpha value is -1.55. The number of hydrogen-bond acceptors (Lipinski definition) is 3. The quantitative estimate of drug-likeness (QED) is 0.905. The second kappa shape index (κ2) is 5.61. The molecule has 0 aliphatic carbocycles. The lowest BCUT2D eigenvalue weighted by Crippen LogP contribution is -2.44. The number of nitrogens with zero attached hydrogens (tertiary/aromatic N) is 1. The topological polar surface area (TPSA) is 55.6 Å². The zero-order chi connectivity index (χ0) is 13.9. The molecule has 0 atom stereocenters. The highest BCUT2D eigenvalue weighted by molar-refractivity contribution is 5.94. The van der Waals surface area contributed by atoms with Crippen molar-refractivity contribution in [3.05, 3.63) is 29.8 Å². The Morgan fingerprint density at radius 1 is 1.42 bits per heavy atom. The maximum atomic E-state index is 12.4. The molecular weight excluding hydrogens is 240 g/mol. The van der Waals surface area contributed by atoms with E-state index in [2.05, 4.69) is 6.92 Å². The third kappa shape index (κ3) is 3.07. The Morgan fingerprint density at radius 2 is 2.11 bits per heavy atom. The molecule has 104 valence electrons. The second-order valence-corrected chi connectivity index (χ2v) is 5.54. The number of nitrogens with two attached hydrogens (primary N) is 1. The van der Waals surface area contributed by atoms with Crippen LogP contribution in [-0.4, -0.2) is 37.6 Å². The van der Waals surface area contributed by atoms with Crippen LogP contribution in [0.3, 0.4) is 0 Å². The molecule has 0 aromatic heterocycles. The van der Waals surface area contributed by atoms with Gasteiger partial charge in [0.2, 0.25) is 0 Å². The zero-order valence-electron chi connectivity index (χ0n) is 11.7. The first-order valence-electron chi connectivity index (χ1n) is 6.71. The van der Waals surface area contributed by atoms with E-state index in [0.29, 0.717) is 12.1 Å². The monoisotopic (exact) mass is 262 g/mol. The predicted molar refractivity (Wildman–Crippen MR) is 75.3 cm³/mol. The van der Waals surface area contributed by atoms with Gasteiger partial charge in [-0.05, 0) is 43.0 Å². The van der Waals surface area contributed by atoms with Crippen LogP contribution >= 0.6 is 0 Å². The highest BCUT2D eigenvalue weighted by atomic mass is 16.5. The van der Waals surface area contributed by atoms with Crippen LogP contribution in [0.25, 0.3) is 0 Å². The maximum absolute atomic E-state index is 12.4. The molecular formula is C15H22N2O2. The van der Waals surface area contributed by atoms with E-state index in [4.69, 9.17) is 10.5 Å². The maximum Gasteiger partial charge on any atom is 0.253 e. The van der Waals surface area contributed by atoms with Gasteiger partial charge in [-0.25, -0.2) is 0 Å². The van der Waals surface area contributed by atoms with Gasteiger partial charge in [-0.1, -0.05) is 13.0 Å². The van der Waals surface area contributed by atoms with Crippen molar-refractivity contribution in [2.24, 2.45) is 11.1 Å². The van der Waals surface area contributed by atoms with Crippen molar-refractivity contribution in [1.82, 2.24) is 4.90 Å². The number of methoxy groups -OCH3 is 1. The lowest BCUT2D eigenvalue weighted by molar-refractivity contribution is 0.0617. The zero-order valence-corrected chi connectivity index (χ0v) is 11.7. The number of carbonyl (C=O) groups is 1. The summed E-state index contributed by atoms with van der Waals surface area (Å²) in [6.45, 7) is 4.45. The van der Waals surface area contributed by atoms with Gasteiger partial charge in [-0.3, -0.25) is 4.79 Å². The first kappa shape index (κ1) is 13.9. The smallest absolute Gasteiger partial charge is 0.253 e. The molecule has 1 amide bonds. The van der Waals surface area contributed by atoms with Gasteiger partial charge in [-0.2, -0.15) is 0 Å². The average molecular weight is 262 g/mol. The molecule has 0 saturated carbocycles. The highest BCUT2D eigenvalue weighted by Gasteiger charge is 2.30. The molecule has 19 heavy (non-hydrogen) atoms. The highest BCUT2D eigenvalue weighted by Crippen LogP contribution is 2.30. The number of hydrogen-bond donors (Lipinski definition) is 1. The molecule has 4 heteroatoms. The Labute approximate surface area is 114 Å². The summed E-state index contributed by atoms with van der Waals surface area (Å²) in [7, 11) is 1.61. The molecule has 1 aromatic rings. The van der Waals surface area contributed by atoms with Crippen molar-refractivity contribution in [1.29, 1.82) is 0 Å². The average Bonchev–Trinajstić information content (AvgIpc) is 2.47. The number of ether oxygens (including phenoxy) is 1. The van der Waals surface area contributed by atoms with Crippen molar-refractivity contribution in [3.63, 3.8) is 0 Å². The van der Waals surface area contributed by atoms with Gasteiger partial charge in [0.25, 0.3) is 5.91 Å². The molecule has 4 nitrogen and oxygen atoms in total. The lowest BCUT2D eigenvalue weighted by atomic mass is 9.80. The molecule has 0 bridgehead atoms. The van der Waals surface area contributed by atoms with Crippen LogP contribution < -0.4 is 10.5 Å². The van der Waals surface area contributed by atoms with Gasteiger partial charge in [0.15, 0.2) is 0 Å². The lowest BCUT2D eigenvalue weighted by Gasteiger charge is -2.38. The van der Waals surface area contributed by atoms with Crippen molar-refractivity contribution < 1.29 is 9.53 Å². The predicted octanol–water partition coefficient (Wildman–Crippen LogP) is 1.90. The number of rotatable bonds is 3. The molecule has 1 aliphatic heterocycles. The van der Waals surface area contributed by atoms with Crippen LogP contribution in [0.15, 0.2) is 24.3 Å². The van der Waals surface area contributed by atoms with Crippen LogP contribution in [0.4, 0.5) is 0 Å². The third-order valence-electron chi connectivity index (χ3n) is 4.07. The normalized spacial score (nSPS) is 18.2. The van der Waals surface area contributed by atoms with Gasteiger partial charge >= 0.3 is 0 Å². The third-order valence-corrected chi connectivity index (χ3v) is 4.07. The van der Waals surface area contributed by atoms with Crippen molar-refractivity contribution in [3.8, 4) is 5.75 Å². The van der Waals surface area contributed by atoms with E-state index in [-0.39, 0.29) is 11.3 Å². The largest absolute Gasteiger partial charge is 0.497 e. The number of piperidine rings is 1. The second-order valence-electron chi connectivity index (χ2n) is 5.54. The molecule has 1 fully saturated rings. The molecule has 0 spiro atoms. The first-order chi connectivity index (χ1) is 9.08. The molecule has 1 aliphatic rings. The van der Waals surface area contributed by atoms with E-state index in [1.165, 1.54) is 0 Å². The molecule has 2 rings (SSSR count). The molecule has 2 N–H and O–H groups in total. The minimum absolute atomic E-state index is 0.0815. The van der Waals surface area contributed by atoms with Gasteiger partial charge in [0.05, 0.1) is 7.11 Å². The van der Waals surface area contributed by atoms with Crippen LogP contribution in [-0.2, 0) is 0 Å². The van der Waals surface area contributed by atoms with E-state index in [1.807, 2.05) is 23.1 Å². The van der Waals surface area contributed by atoms with Gasteiger partial charge in [0, 0.05) is 18.7 Å². The number of carbonyl (C=O) groups excluding carboxylic acids is 1. The van der Waals surface area contributed by atoms with E-state index in [1.54, 1.807) is 13.2 Å². The Balaban J connectivity index is 2.05. The van der Waals surface area contributed by atoms with Crippen LogP contribution in [0.1, 0.15) is 30.1 Å². The fourth-order valence-electron chi connectivity index (χ4n) is 2.39. The fraction of sp³-hybridized carbons (Fsp3) is 0.533. The van der Waals surface area contributed by atoms with E-state index in [9.17, 15) is 4.79 Å². The van der Waals surface area contributed by atoms with Gasteiger partial charge in [0.1, 0.15) is 5.75 Å². The van der Waals surface area contributed by atoms with Crippen LogP contribution in [0.2, 0.25) is 0 Å². The number of amides is 1. The summed E-state index contributed by atoms with van der Waals surface area (Å²) < 4.78 is 5.16. The van der Waals surface area contributed by atoms with Crippen molar-refractivity contribution in [2.45, 2.75) is 19.8 Å². The van der Waals surface area contributed by atoms with Gasteiger partial charge < -0.3 is 15.4 Å². The summed E-state index contributed by atoms with van der Waals surface area (Å²) in [5, 5.41) is 0. The molecule has 0 radical (unpaired) electrons. The van der Waals surface area contributed by atoms with Gasteiger partial charge in [-0.15, -0.1) is 0 Å². The number of likely N-dealkylation sites (tertiary alicyclic amines) is 1. The van der Waals surface area contributed by atoms with E-state index < -0.39 is 0 Å². The first-order valence-corrected chi connectivity index (χ1v) is 6.71. The van der Waals surface area contributed by atoms with E-state index >= 15 is 0 Å². The Kier molecular flexibility index (Phi) is 4.10.